The highest BCUT2D eigenvalue weighted by molar-refractivity contribution is 5.96. The number of carbonyl (C=O) groups excluding carboxylic acids is 1. The molecule has 2 N–H and O–H groups in total. The third-order valence-electron chi connectivity index (χ3n) is 3.89. The highest BCUT2D eigenvalue weighted by Gasteiger charge is 2.24. The monoisotopic (exact) mass is 277 g/mol. The van der Waals surface area contributed by atoms with Crippen molar-refractivity contribution in [2.45, 2.75) is 19.8 Å². The lowest BCUT2D eigenvalue weighted by Crippen LogP contribution is -2.40. The minimum absolute atomic E-state index is 0.0147. The van der Waals surface area contributed by atoms with Crippen LogP contribution < -0.4 is 5.73 Å². The quantitative estimate of drug-likeness (QED) is 0.672. The van der Waals surface area contributed by atoms with E-state index in [4.69, 9.17) is 5.73 Å². The summed E-state index contributed by atoms with van der Waals surface area (Å²) in [6, 6.07) is 4.37. The number of nitrogens with two attached hydrogens (primary N) is 1. The number of aryl methyl sites for hydroxylation is 1. The van der Waals surface area contributed by atoms with Crippen molar-refractivity contribution in [2.75, 3.05) is 19.6 Å². The molecule has 0 saturated carbocycles. The summed E-state index contributed by atoms with van der Waals surface area (Å²) in [5.41, 5.74) is 6.84. The Hall–Kier alpha value is -1.95. The van der Waals surface area contributed by atoms with Crippen molar-refractivity contribution in [3.05, 3.63) is 39.4 Å². The number of nitro benzene ring substituents is 1. The predicted molar refractivity (Wildman–Crippen MR) is 75.5 cm³/mol. The number of benzene rings is 1. The van der Waals surface area contributed by atoms with E-state index in [2.05, 4.69) is 0 Å². The normalized spacial score (nSPS) is 16.2. The van der Waals surface area contributed by atoms with E-state index in [1.54, 1.807) is 17.9 Å². The lowest BCUT2D eigenvalue weighted by molar-refractivity contribution is -0.384. The van der Waals surface area contributed by atoms with Crippen LogP contribution >= 0.6 is 0 Å². The van der Waals surface area contributed by atoms with Crippen LogP contribution in [0.1, 0.15) is 28.8 Å². The van der Waals surface area contributed by atoms with E-state index < -0.39 is 4.92 Å². The second-order valence-corrected chi connectivity index (χ2v) is 5.23. The summed E-state index contributed by atoms with van der Waals surface area (Å²) < 4.78 is 0. The molecule has 0 aliphatic carbocycles. The number of non-ortho nitro benzene ring substituents is 1. The van der Waals surface area contributed by atoms with Gasteiger partial charge in [-0.15, -0.1) is 0 Å². The highest BCUT2D eigenvalue weighted by Crippen LogP contribution is 2.22. The van der Waals surface area contributed by atoms with Gasteiger partial charge in [0.25, 0.3) is 11.6 Å². The van der Waals surface area contributed by atoms with Gasteiger partial charge in [-0.1, -0.05) is 0 Å². The molecule has 1 aromatic carbocycles. The van der Waals surface area contributed by atoms with Crippen LogP contribution in [0.15, 0.2) is 18.2 Å². The van der Waals surface area contributed by atoms with Gasteiger partial charge in [0, 0.05) is 30.8 Å². The summed E-state index contributed by atoms with van der Waals surface area (Å²) in [7, 11) is 0. The molecule has 6 nitrogen and oxygen atoms in total. The predicted octanol–water partition coefficient (Wildman–Crippen LogP) is 1.71. The van der Waals surface area contributed by atoms with Crippen LogP contribution in [0.4, 0.5) is 5.69 Å². The maximum absolute atomic E-state index is 12.4. The van der Waals surface area contributed by atoms with Gasteiger partial charge in [0.15, 0.2) is 0 Å². The van der Waals surface area contributed by atoms with Crippen molar-refractivity contribution < 1.29 is 9.72 Å². The molecule has 6 heteroatoms. The molecule has 2 rings (SSSR count). The van der Waals surface area contributed by atoms with E-state index in [9.17, 15) is 14.9 Å². The van der Waals surface area contributed by atoms with Crippen molar-refractivity contribution in [3.63, 3.8) is 0 Å². The Morgan fingerprint density at radius 2 is 2.10 bits per heavy atom. The standard InChI is InChI=1S/C14H19N3O3/c1-10-8-12(17(19)20)2-3-13(10)14(18)16-6-4-11(9-15)5-7-16/h2-3,8,11H,4-7,9,15H2,1H3. The van der Waals surface area contributed by atoms with Crippen LogP contribution in [0.3, 0.4) is 0 Å². The Bertz CT molecular complexity index is 522. The molecule has 1 aliphatic rings. The number of likely N-dealkylation sites (tertiary alicyclic amines) is 1. The zero-order valence-electron chi connectivity index (χ0n) is 11.5. The van der Waals surface area contributed by atoms with Gasteiger partial charge in [-0.05, 0) is 43.9 Å². The number of nitro groups is 1. The Kier molecular flexibility index (Phi) is 4.34. The number of piperidine rings is 1. The number of rotatable bonds is 3. The van der Waals surface area contributed by atoms with Crippen molar-refractivity contribution in [3.8, 4) is 0 Å². The first-order valence-electron chi connectivity index (χ1n) is 6.77. The number of carbonyl (C=O) groups is 1. The summed E-state index contributed by atoms with van der Waals surface area (Å²) in [4.78, 5) is 24.5. The molecule has 0 spiro atoms. The second kappa shape index (κ2) is 6.00. The first-order chi connectivity index (χ1) is 9.52. The molecule has 0 aromatic heterocycles. The van der Waals surface area contributed by atoms with E-state index in [-0.39, 0.29) is 11.6 Å². The number of amides is 1. The maximum atomic E-state index is 12.4. The van der Waals surface area contributed by atoms with E-state index in [0.29, 0.717) is 36.7 Å². The molecule has 20 heavy (non-hydrogen) atoms. The second-order valence-electron chi connectivity index (χ2n) is 5.23. The third-order valence-corrected chi connectivity index (χ3v) is 3.89. The Balaban J connectivity index is 2.12. The zero-order valence-corrected chi connectivity index (χ0v) is 11.5. The van der Waals surface area contributed by atoms with Gasteiger partial charge in [0.05, 0.1) is 4.92 Å². The first-order valence-corrected chi connectivity index (χ1v) is 6.77. The lowest BCUT2D eigenvalue weighted by Gasteiger charge is -2.31. The molecule has 1 heterocycles. The molecule has 0 bridgehead atoms. The molecule has 1 aromatic rings. The minimum atomic E-state index is -0.450. The van der Waals surface area contributed by atoms with Gasteiger partial charge < -0.3 is 10.6 Å². The molecule has 1 fully saturated rings. The molecule has 0 atom stereocenters. The fourth-order valence-corrected chi connectivity index (χ4v) is 2.54. The summed E-state index contributed by atoms with van der Waals surface area (Å²) in [5.74, 6) is 0.449. The zero-order chi connectivity index (χ0) is 14.7. The fraction of sp³-hybridized carbons (Fsp3) is 0.500. The van der Waals surface area contributed by atoms with Crippen molar-refractivity contribution >= 4 is 11.6 Å². The van der Waals surface area contributed by atoms with E-state index >= 15 is 0 Å². The van der Waals surface area contributed by atoms with Crippen LogP contribution in [0.2, 0.25) is 0 Å². The average Bonchev–Trinajstić information content (AvgIpc) is 2.46. The summed E-state index contributed by atoms with van der Waals surface area (Å²) in [5, 5.41) is 10.7. The minimum Gasteiger partial charge on any atom is -0.339 e. The highest BCUT2D eigenvalue weighted by atomic mass is 16.6. The number of hydrogen-bond donors (Lipinski definition) is 1. The van der Waals surface area contributed by atoms with Gasteiger partial charge in [-0.25, -0.2) is 0 Å². The smallest absolute Gasteiger partial charge is 0.269 e. The SMILES string of the molecule is Cc1cc([N+](=O)[O-])ccc1C(=O)N1CCC(CN)CC1. The summed E-state index contributed by atoms with van der Waals surface area (Å²) >= 11 is 0. The van der Waals surface area contributed by atoms with Gasteiger partial charge in [-0.2, -0.15) is 0 Å². The average molecular weight is 277 g/mol. The topological polar surface area (TPSA) is 89.5 Å². The van der Waals surface area contributed by atoms with Crippen LogP contribution in [-0.2, 0) is 0 Å². The Labute approximate surface area is 117 Å². The summed E-state index contributed by atoms with van der Waals surface area (Å²) in [6.07, 6.45) is 1.85. The maximum Gasteiger partial charge on any atom is 0.269 e. The molecule has 0 radical (unpaired) electrons. The van der Waals surface area contributed by atoms with Gasteiger partial charge in [0.2, 0.25) is 0 Å². The van der Waals surface area contributed by atoms with Crippen LogP contribution in [0.25, 0.3) is 0 Å². The van der Waals surface area contributed by atoms with Crippen LogP contribution in [0, 0.1) is 23.0 Å². The molecular weight excluding hydrogens is 258 g/mol. The Morgan fingerprint density at radius 3 is 2.60 bits per heavy atom. The molecule has 1 saturated heterocycles. The van der Waals surface area contributed by atoms with Crippen molar-refractivity contribution in [1.82, 2.24) is 4.90 Å². The van der Waals surface area contributed by atoms with Gasteiger partial charge in [-0.3, -0.25) is 14.9 Å². The first kappa shape index (κ1) is 14.5. The van der Waals surface area contributed by atoms with Crippen molar-refractivity contribution in [1.29, 1.82) is 0 Å². The molecule has 1 aliphatic heterocycles. The van der Waals surface area contributed by atoms with Crippen LogP contribution in [0.5, 0.6) is 0 Å². The summed E-state index contributed by atoms with van der Waals surface area (Å²) in [6.45, 7) is 3.81. The van der Waals surface area contributed by atoms with E-state index in [0.717, 1.165) is 12.8 Å². The number of hydrogen-bond acceptors (Lipinski definition) is 4. The molecular formula is C14H19N3O3. The largest absolute Gasteiger partial charge is 0.339 e. The van der Waals surface area contributed by atoms with E-state index in [1.807, 2.05) is 0 Å². The molecule has 0 unspecified atom stereocenters. The molecule has 108 valence electrons. The van der Waals surface area contributed by atoms with Crippen molar-refractivity contribution in [2.24, 2.45) is 11.7 Å². The van der Waals surface area contributed by atoms with Gasteiger partial charge in [0.1, 0.15) is 0 Å². The Morgan fingerprint density at radius 1 is 1.45 bits per heavy atom. The van der Waals surface area contributed by atoms with E-state index in [1.165, 1.54) is 12.1 Å². The fourth-order valence-electron chi connectivity index (χ4n) is 2.54. The lowest BCUT2D eigenvalue weighted by atomic mass is 9.96. The third kappa shape index (κ3) is 2.96. The molecule has 1 amide bonds. The van der Waals surface area contributed by atoms with Gasteiger partial charge >= 0.3 is 0 Å². The van der Waals surface area contributed by atoms with Crippen LogP contribution in [-0.4, -0.2) is 35.4 Å². The number of nitrogens with zero attached hydrogens (tertiary/aromatic N) is 2.